The number of aromatic nitrogens is 1. The van der Waals surface area contributed by atoms with Crippen LogP contribution in [0.5, 0.6) is 5.88 Å². The Labute approximate surface area is 126 Å². The van der Waals surface area contributed by atoms with Crippen LogP contribution >= 0.6 is 0 Å². The van der Waals surface area contributed by atoms with Gasteiger partial charge in [-0.1, -0.05) is 12.1 Å². The number of carbonyl (C=O) groups is 1. The van der Waals surface area contributed by atoms with E-state index in [-0.39, 0.29) is 11.4 Å². The highest BCUT2D eigenvalue weighted by Gasteiger charge is 2.16. The van der Waals surface area contributed by atoms with Gasteiger partial charge in [0.05, 0.1) is 12.5 Å². The zero-order valence-corrected chi connectivity index (χ0v) is 12.2. The Balaban J connectivity index is 2.45. The number of pyridine rings is 1. The molecule has 116 valence electrons. The van der Waals surface area contributed by atoms with Crippen LogP contribution in [-0.4, -0.2) is 22.7 Å². The number of hydrogen-bond acceptors (Lipinski definition) is 3. The summed E-state index contributed by atoms with van der Waals surface area (Å²) in [6, 6.07) is 6.98. The highest BCUT2D eigenvalue weighted by molar-refractivity contribution is 5.76. The van der Waals surface area contributed by atoms with Crippen molar-refractivity contribution < 1.29 is 19.0 Å². The van der Waals surface area contributed by atoms with Crippen molar-refractivity contribution in [3.8, 4) is 17.0 Å². The number of benzene rings is 1. The molecule has 0 spiro atoms. The summed E-state index contributed by atoms with van der Waals surface area (Å²) < 4.78 is 19.5. The van der Waals surface area contributed by atoms with Gasteiger partial charge in [0, 0.05) is 17.7 Å². The quantitative estimate of drug-likeness (QED) is 0.890. The summed E-state index contributed by atoms with van der Waals surface area (Å²) in [5.41, 5.74) is 0.555. The van der Waals surface area contributed by atoms with Gasteiger partial charge >= 0.3 is 5.97 Å². The molecule has 2 rings (SSSR count). The highest BCUT2D eigenvalue weighted by Crippen LogP contribution is 2.27. The Hall–Kier alpha value is -2.63. The zero-order valence-electron chi connectivity index (χ0n) is 12.2. The van der Waals surface area contributed by atoms with E-state index in [0.717, 1.165) is 0 Å². The van der Waals surface area contributed by atoms with E-state index in [9.17, 15) is 14.0 Å². The molecule has 0 fully saturated rings. The average Bonchev–Trinajstić information content (AvgIpc) is 2.45. The van der Waals surface area contributed by atoms with E-state index in [1.807, 2.05) is 0 Å². The van der Waals surface area contributed by atoms with Crippen molar-refractivity contribution in [2.45, 2.75) is 19.8 Å². The summed E-state index contributed by atoms with van der Waals surface area (Å²) in [5, 5.41) is 8.96. The lowest BCUT2D eigenvalue weighted by Crippen LogP contribution is -2.09. The summed E-state index contributed by atoms with van der Waals surface area (Å²) in [6.45, 7) is 3.63. The van der Waals surface area contributed by atoms with E-state index in [0.29, 0.717) is 17.7 Å². The number of aliphatic carboxylic acids is 1. The minimum absolute atomic E-state index is 0.216. The van der Waals surface area contributed by atoms with Gasteiger partial charge in [-0.05, 0) is 31.0 Å². The van der Waals surface area contributed by atoms with Crippen LogP contribution in [0.2, 0.25) is 0 Å². The highest BCUT2D eigenvalue weighted by atomic mass is 19.1. The van der Waals surface area contributed by atoms with E-state index in [1.54, 1.807) is 13.0 Å². The fourth-order valence-corrected chi connectivity index (χ4v) is 2.08. The number of carboxylic acids is 1. The normalized spacial score (nSPS) is 12.0. The monoisotopic (exact) mass is 305 g/mol. The van der Waals surface area contributed by atoms with E-state index >= 15 is 0 Å². The SMILES string of the molecule is CCOc1cc(-c2ccc(C(C)C(=O)O)cc2F)cc(=O)[nH]1. The summed E-state index contributed by atoms with van der Waals surface area (Å²) in [7, 11) is 0. The first-order valence-electron chi connectivity index (χ1n) is 6.82. The Morgan fingerprint density at radius 3 is 2.68 bits per heavy atom. The molecule has 0 saturated carbocycles. The second-order valence-corrected chi connectivity index (χ2v) is 4.83. The molecule has 1 atom stereocenters. The maximum atomic E-state index is 14.3. The second kappa shape index (κ2) is 6.43. The van der Waals surface area contributed by atoms with Crippen molar-refractivity contribution in [3.05, 3.63) is 52.1 Å². The average molecular weight is 305 g/mol. The van der Waals surface area contributed by atoms with Crippen molar-refractivity contribution in [1.82, 2.24) is 4.98 Å². The number of aromatic amines is 1. The molecule has 0 aliphatic carbocycles. The predicted octanol–water partition coefficient (Wildman–Crippen LogP) is 2.77. The van der Waals surface area contributed by atoms with Gasteiger partial charge in [0.2, 0.25) is 0 Å². The molecule has 22 heavy (non-hydrogen) atoms. The van der Waals surface area contributed by atoms with Gasteiger partial charge in [0.15, 0.2) is 5.88 Å². The van der Waals surface area contributed by atoms with Crippen molar-refractivity contribution in [3.63, 3.8) is 0 Å². The lowest BCUT2D eigenvalue weighted by atomic mass is 9.97. The first-order valence-corrected chi connectivity index (χ1v) is 6.82. The molecular weight excluding hydrogens is 289 g/mol. The van der Waals surface area contributed by atoms with Crippen LogP contribution in [0.1, 0.15) is 25.3 Å². The van der Waals surface area contributed by atoms with Crippen LogP contribution in [-0.2, 0) is 4.79 Å². The molecule has 6 heteroatoms. The Morgan fingerprint density at radius 1 is 1.36 bits per heavy atom. The fraction of sp³-hybridized carbons (Fsp3) is 0.250. The number of H-pyrrole nitrogens is 1. The molecule has 1 heterocycles. The largest absolute Gasteiger partial charge is 0.481 e. The van der Waals surface area contributed by atoms with Gasteiger partial charge in [-0.2, -0.15) is 0 Å². The number of carboxylic acid groups (broad SMARTS) is 1. The first-order chi connectivity index (χ1) is 10.4. The van der Waals surface area contributed by atoms with Crippen LogP contribution in [0.25, 0.3) is 11.1 Å². The van der Waals surface area contributed by atoms with Gasteiger partial charge < -0.3 is 9.84 Å². The van der Waals surface area contributed by atoms with Gasteiger partial charge in [-0.15, -0.1) is 0 Å². The topological polar surface area (TPSA) is 79.4 Å². The first kappa shape index (κ1) is 15.8. The lowest BCUT2D eigenvalue weighted by Gasteiger charge is -2.10. The number of hydrogen-bond donors (Lipinski definition) is 2. The number of halogens is 1. The minimum Gasteiger partial charge on any atom is -0.481 e. The third-order valence-electron chi connectivity index (χ3n) is 3.29. The fourth-order valence-electron chi connectivity index (χ4n) is 2.08. The Kier molecular flexibility index (Phi) is 4.60. The van der Waals surface area contributed by atoms with Gasteiger partial charge in [0.1, 0.15) is 5.82 Å². The molecular formula is C16H16FNO4. The zero-order chi connectivity index (χ0) is 16.3. The molecule has 0 saturated heterocycles. The van der Waals surface area contributed by atoms with Crippen molar-refractivity contribution in [2.75, 3.05) is 6.61 Å². The minimum atomic E-state index is -1.03. The molecule has 0 aliphatic heterocycles. The van der Waals surface area contributed by atoms with Crippen LogP contribution < -0.4 is 10.3 Å². The second-order valence-electron chi connectivity index (χ2n) is 4.83. The van der Waals surface area contributed by atoms with Crippen LogP contribution in [0.15, 0.2) is 35.1 Å². The number of rotatable bonds is 5. The summed E-state index contributed by atoms with van der Waals surface area (Å²) in [5.74, 6) is -2.16. The van der Waals surface area contributed by atoms with E-state index < -0.39 is 23.3 Å². The summed E-state index contributed by atoms with van der Waals surface area (Å²) in [4.78, 5) is 25.0. The summed E-state index contributed by atoms with van der Waals surface area (Å²) in [6.07, 6.45) is 0. The standard InChI is InChI=1S/C16H16FNO4/c1-3-22-15-8-11(7-14(19)18-15)12-5-4-10(6-13(12)17)9(2)16(20)21/h4-9H,3H2,1-2H3,(H,18,19)(H,20,21). The van der Waals surface area contributed by atoms with Crippen molar-refractivity contribution in [1.29, 1.82) is 0 Å². The van der Waals surface area contributed by atoms with Crippen LogP contribution in [0, 0.1) is 5.82 Å². The van der Waals surface area contributed by atoms with Gasteiger partial charge in [-0.3, -0.25) is 14.6 Å². The smallest absolute Gasteiger partial charge is 0.310 e. The summed E-state index contributed by atoms with van der Waals surface area (Å²) >= 11 is 0. The molecule has 1 aromatic heterocycles. The molecule has 0 radical (unpaired) electrons. The number of nitrogens with one attached hydrogen (secondary N) is 1. The van der Waals surface area contributed by atoms with Crippen molar-refractivity contribution >= 4 is 5.97 Å². The third-order valence-corrected chi connectivity index (χ3v) is 3.29. The predicted molar refractivity (Wildman–Crippen MR) is 79.7 cm³/mol. The molecule has 0 amide bonds. The molecule has 0 aliphatic rings. The molecule has 2 aromatic rings. The maximum absolute atomic E-state index is 14.3. The van der Waals surface area contributed by atoms with E-state index in [1.165, 1.54) is 31.2 Å². The number of ether oxygens (including phenoxy) is 1. The van der Waals surface area contributed by atoms with Crippen molar-refractivity contribution in [2.24, 2.45) is 0 Å². The lowest BCUT2D eigenvalue weighted by molar-refractivity contribution is -0.138. The molecule has 1 unspecified atom stereocenters. The molecule has 2 N–H and O–H groups in total. The van der Waals surface area contributed by atoms with Gasteiger partial charge in [-0.25, -0.2) is 4.39 Å². The maximum Gasteiger partial charge on any atom is 0.310 e. The van der Waals surface area contributed by atoms with E-state index in [4.69, 9.17) is 9.84 Å². The Morgan fingerprint density at radius 2 is 2.09 bits per heavy atom. The van der Waals surface area contributed by atoms with E-state index in [2.05, 4.69) is 4.98 Å². The Bertz CT molecular complexity index is 754. The molecule has 0 bridgehead atoms. The molecule has 5 nitrogen and oxygen atoms in total. The van der Waals surface area contributed by atoms with Crippen LogP contribution in [0.4, 0.5) is 4.39 Å². The van der Waals surface area contributed by atoms with Crippen LogP contribution in [0.3, 0.4) is 0 Å². The van der Waals surface area contributed by atoms with Gasteiger partial charge in [0.25, 0.3) is 5.56 Å². The third kappa shape index (κ3) is 3.33. The molecule has 1 aromatic carbocycles.